The fourth-order valence-electron chi connectivity index (χ4n) is 2.12. The lowest BCUT2D eigenvalue weighted by Crippen LogP contribution is -2.29. The average molecular weight is 315 g/mol. The number of sulfone groups is 1. The van der Waals surface area contributed by atoms with Gasteiger partial charge in [-0.3, -0.25) is 0 Å². The molecule has 1 atom stereocenters. The van der Waals surface area contributed by atoms with E-state index < -0.39 is 9.84 Å². The number of ether oxygens (including phenoxy) is 2. The quantitative estimate of drug-likeness (QED) is 0.667. The van der Waals surface area contributed by atoms with Crippen molar-refractivity contribution in [1.82, 2.24) is 5.32 Å². The minimum Gasteiger partial charge on any atom is -0.497 e. The van der Waals surface area contributed by atoms with Crippen molar-refractivity contribution in [2.24, 2.45) is 0 Å². The highest BCUT2D eigenvalue weighted by atomic mass is 32.2. The van der Waals surface area contributed by atoms with E-state index in [2.05, 4.69) is 5.32 Å². The van der Waals surface area contributed by atoms with Crippen LogP contribution >= 0.6 is 0 Å². The molecule has 1 aromatic rings. The normalized spacial score (nSPS) is 13.1. The van der Waals surface area contributed by atoms with Gasteiger partial charge < -0.3 is 14.8 Å². The minimum absolute atomic E-state index is 0.0941. The zero-order chi connectivity index (χ0) is 15.7. The first-order valence-corrected chi connectivity index (χ1v) is 8.91. The maximum atomic E-state index is 12.2. The molecular formula is C15H25NO4S. The van der Waals surface area contributed by atoms with Gasteiger partial charge in [0.2, 0.25) is 0 Å². The first-order chi connectivity index (χ1) is 10.0. The van der Waals surface area contributed by atoms with Gasteiger partial charge >= 0.3 is 0 Å². The zero-order valence-corrected chi connectivity index (χ0v) is 13.8. The summed E-state index contributed by atoms with van der Waals surface area (Å²) >= 11 is 0. The minimum atomic E-state index is -3.11. The van der Waals surface area contributed by atoms with Crippen LogP contribution in [0, 0.1) is 0 Å². The van der Waals surface area contributed by atoms with Crippen LogP contribution in [-0.4, -0.2) is 47.3 Å². The van der Waals surface area contributed by atoms with Crippen LogP contribution in [0.3, 0.4) is 0 Å². The maximum absolute atomic E-state index is 12.2. The summed E-state index contributed by atoms with van der Waals surface area (Å²) < 4.78 is 34.4. The van der Waals surface area contributed by atoms with E-state index in [-0.39, 0.29) is 17.5 Å². The van der Waals surface area contributed by atoms with E-state index in [9.17, 15) is 8.42 Å². The summed E-state index contributed by atoms with van der Waals surface area (Å²) in [5.74, 6) is 1.01. The van der Waals surface area contributed by atoms with Crippen molar-refractivity contribution in [2.75, 3.05) is 38.9 Å². The van der Waals surface area contributed by atoms with Crippen molar-refractivity contribution >= 4 is 9.84 Å². The van der Waals surface area contributed by atoms with Crippen LogP contribution in [0.1, 0.15) is 24.9 Å². The Kier molecular flexibility index (Phi) is 7.71. The predicted molar refractivity (Wildman–Crippen MR) is 84.6 cm³/mol. The number of hydrogen-bond donors (Lipinski definition) is 1. The predicted octanol–water partition coefficient (Wildman–Crippen LogP) is 1.80. The molecule has 1 rings (SSSR count). The summed E-state index contributed by atoms with van der Waals surface area (Å²) in [6, 6.07) is 7.29. The molecule has 21 heavy (non-hydrogen) atoms. The van der Waals surface area contributed by atoms with Gasteiger partial charge in [0.15, 0.2) is 9.84 Å². The smallest absolute Gasteiger partial charge is 0.152 e. The number of benzene rings is 1. The Morgan fingerprint density at radius 3 is 2.38 bits per heavy atom. The van der Waals surface area contributed by atoms with Gasteiger partial charge in [0.05, 0.1) is 18.6 Å². The SMILES string of the molecule is CCNC(CS(=O)(=O)CCCOC)c1ccc(OC)cc1. The van der Waals surface area contributed by atoms with Crippen LogP contribution in [0.15, 0.2) is 24.3 Å². The summed E-state index contributed by atoms with van der Waals surface area (Å²) in [6.07, 6.45) is 0.528. The molecule has 0 fully saturated rings. The first kappa shape index (κ1) is 17.9. The molecule has 1 aromatic carbocycles. The molecule has 0 heterocycles. The van der Waals surface area contributed by atoms with E-state index in [1.807, 2.05) is 31.2 Å². The van der Waals surface area contributed by atoms with Crippen LogP contribution < -0.4 is 10.1 Å². The molecule has 6 heteroatoms. The highest BCUT2D eigenvalue weighted by molar-refractivity contribution is 7.91. The second-order valence-electron chi connectivity index (χ2n) is 4.84. The second-order valence-corrected chi connectivity index (χ2v) is 7.07. The highest BCUT2D eigenvalue weighted by Gasteiger charge is 2.20. The molecule has 0 bridgehead atoms. The highest BCUT2D eigenvalue weighted by Crippen LogP contribution is 2.19. The van der Waals surface area contributed by atoms with Crippen molar-refractivity contribution in [3.05, 3.63) is 29.8 Å². The summed E-state index contributed by atoms with van der Waals surface area (Å²) in [5.41, 5.74) is 0.952. The van der Waals surface area contributed by atoms with E-state index >= 15 is 0 Å². The average Bonchev–Trinajstić information content (AvgIpc) is 2.47. The Hall–Kier alpha value is -1.11. The Morgan fingerprint density at radius 2 is 1.86 bits per heavy atom. The molecule has 0 aliphatic heterocycles. The monoisotopic (exact) mass is 315 g/mol. The second kappa shape index (κ2) is 9.02. The summed E-state index contributed by atoms with van der Waals surface area (Å²) in [7, 11) is 0.0702. The standard InChI is InChI=1S/C15H25NO4S/c1-4-16-15(12-21(17,18)11-5-10-19-2)13-6-8-14(20-3)9-7-13/h6-9,15-16H,4-5,10-12H2,1-3H3. The van der Waals surface area contributed by atoms with Gasteiger partial charge in [-0.2, -0.15) is 0 Å². The van der Waals surface area contributed by atoms with Crippen molar-refractivity contribution in [1.29, 1.82) is 0 Å². The molecule has 0 saturated heterocycles. The topological polar surface area (TPSA) is 64.6 Å². The van der Waals surface area contributed by atoms with E-state index in [0.29, 0.717) is 19.6 Å². The molecule has 5 nitrogen and oxygen atoms in total. The molecule has 0 amide bonds. The lowest BCUT2D eigenvalue weighted by atomic mass is 10.1. The van der Waals surface area contributed by atoms with Crippen molar-refractivity contribution < 1.29 is 17.9 Å². The Labute approximate surface area is 127 Å². The third kappa shape index (κ3) is 6.46. The van der Waals surface area contributed by atoms with Gasteiger partial charge in [-0.15, -0.1) is 0 Å². The van der Waals surface area contributed by atoms with Gasteiger partial charge in [-0.25, -0.2) is 8.42 Å². The number of nitrogens with one attached hydrogen (secondary N) is 1. The molecule has 0 aliphatic rings. The van der Waals surface area contributed by atoms with Crippen LogP contribution in [0.2, 0.25) is 0 Å². The van der Waals surface area contributed by atoms with Crippen LogP contribution in [0.25, 0.3) is 0 Å². The Morgan fingerprint density at radius 1 is 1.19 bits per heavy atom. The van der Waals surface area contributed by atoms with Gasteiger partial charge in [0.25, 0.3) is 0 Å². The molecule has 0 aromatic heterocycles. The number of rotatable bonds is 10. The first-order valence-electron chi connectivity index (χ1n) is 7.09. The molecule has 1 unspecified atom stereocenters. The molecule has 0 spiro atoms. The van der Waals surface area contributed by atoms with Crippen molar-refractivity contribution in [2.45, 2.75) is 19.4 Å². The van der Waals surface area contributed by atoms with E-state index in [4.69, 9.17) is 9.47 Å². The van der Waals surface area contributed by atoms with Gasteiger partial charge in [0, 0.05) is 19.8 Å². The number of methoxy groups -OCH3 is 2. The molecule has 120 valence electrons. The molecule has 0 radical (unpaired) electrons. The lowest BCUT2D eigenvalue weighted by Gasteiger charge is -2.18. The van der Waals surface area contributed by atoms with E-state index in [1.54, 1.807) is 14.2 Å². The zero-order valence-electron chi connectivity index (χ0n) is 13.0. The van der Waals surface area contributed by atoms with Gasteiger partial charge in [-0.05, 0) is 30.7 Å². The van der Waals surface area contributed by atoms with E-state index in [0.717, 1.165) is 11.3 Å². The third-order valence-electron chi connectivity index (χ3n) is 3.19. The van der Waals surface area contributed by atoms with Crippen LogP contribution in [0.5, 0.6) is 5.75 Å². The molecular weight excluding hydrogens is 290 g/mol. The molecule has 0 aliphatic carbocycles. The van der Waals surface area contributed by atoms with Gasteiger partial charge in [0.1, 0.15) is 5.75 Å². The largest absolute Gasteiger partial charge is 0.497 e. The summed E-state index contributed by atoms with van der Waals surface area (Å²) in [6.45, 7) is 3.14. The van der Waals surface area contributed by atoms with E-state index in [1.165, 1.54) is 0 Å². The van der Waals surface area contributed by atoms with Gasteiger partial charge in [-0.1, -0.05) is 19.1 Å². The van der Waals surface area contributed by atoms with Crippen molar-refractivity contribution in [3.63, 3.8) is 0 Å². The lowest BCUT2D eigenvalue weighted by molar-refractivity contribution is 0.199. The Balaban J connectivity index is 2.76. The number of hydrogen-bond acceptors (Lipinski definition) is 5. The van der Waals surface area contributed by atoms with Crippen molar-refractivity contribution in [3.8, 4) is 5.75 Å². The fourth-order valence-corrected chi connectivity index (χ4v) is 3.66. The molecule has 0 saturated carbocycles. The third-order valence-corrected chi connectivity index (χ3v) is 4.94. The maximum Gasteiger partial charge on any atom is 0.152 e. The van der Waals surface area contributed by atoms with Crippen LogP contribution in [-0.2, 0) is 14.6 Å². The summed E-state index contributed by atoms with van der Waals surface area (Å²) in [4.78, 5) is 0. The Bertz CT molecular complexity index is 499. The summed E-state index contributed by atoms with van der Waals surface area (Å²) in [5, 5.41) is 3.23. The fraction of sp³-hybridized carbons (Fsp3) is 0.600. The molecule has 1 N–H and O–H groups in total. The van der Waals surface area contributed by atoms with Crippen LogP contribution in [0.4, 0.5) is 0 Å².